The van der Waals surface area contributed by atoms with Gasteiger partial charge in [-0.3, -0.25) is 24.2 Å². The summed E-state index contributed by atoms with van der Waals surface area (Å²) in [5, 5.41) is 13.3. The van der Waals surface area contributed by atoms with E-state index in [0.717, 1.165) is 5.56 Å². The number of carbonyl (C=O) groups is 2. The number of Topliss-reactive ketones (excluding diaryl/α,β-unsaturated/α-hetero) is 1. The predicted molar refractivity (Wildman–Crippen MR) is 141 cm³/mol. The summed E-state index contributed by atoms with van der Waals surface area (Å²) < 4.78 is 29.8. The maximum absolute atomic E-state index is 13.5. The lowest BCUT2D eigenvalue weighted by Gasteiger charge is -2.31. The molecule has 0 radical (unpaired) electrons. The fraction of sp³-hybridized carbons (Fsp3) is 0.407. The number of sulfonamides is 1. The van der Waals surface area contributed by atoms with E-state index in [1.54, 1.807) is 31.0 Å². The van der Waals surface area contributed by atoms with Crippen LogP contribution in [-0.4, -0.2) is 62.6 Å². The van der Waals surface area contributed by atoms with Gasteiger partial charge >= 0.3 is 0 Å². The molecule has 1 atom stereocenters. The maximum Gasteiger partial charge on any atom is 0.272 e. The van der Waals surface area contributed by atoms with Gasteiger partial charge in [-0.1, -0.05) is 12.1 Å². The minimum absolute atomic E-state index is 0.0704. The van der Waals surface area contributed by atoms with Gasteiger partial charge < -0.3 is 4.90 Å². The number of nitrogens with zero attached hydrogens (tertiary/aromatic N) is 6. The molecule has 1 unspecified atom stereocenters. The largest absolute Gasteiger partial charge is 0.335 e. The minimum Gasteiger partial charge on any atom is -0.335 e. The zero-order valence-corrected chi connectivity index (χ0v) is 22.6. The zero-order chi connectivity index (χ0) is 27.8. The molecule has 1 aliphatic carbocycles. The van der Waals surface area contributed by atoms with Gasteiger partial charge in [0.1, 0.15) is 16.1 Å². The number of benzene rings is 1. The molecule has 3 aromatic rings. The van der Waals surface area contributed by atoms with Crippen LogP contribution < -0.4 is 4.72 Å². The third kappa shape index (κ3) is 5.20. The lowest BCUT2D eigenvalue weighted by atomic mass is 9.98. The SMILES string of the molecule is CC(NS(=O)(=O)C1(CN2CCc3c(C(=O)CCc4ccc(C#N)cc4)nn(C)c3C2=O)CC1)c1cnccn1. The van der Waals surface area contributed by atoms with Gasteiger partial charge in [0.05, 0.1) is 23.4 Å². The first-order chi connectivity index (χ1) is 18.6. The topological polar surface area (TPSA) is 151 Å². The molecular weight excluding hydrogens is 518 g/mol. The van der Waals surface area contributed by atoms with Crippen LogP contribution in [0.25, 0.3) is 0 Å². The summed E-state index contributed by atoms with van der Waals surface area (Å²) in [6.07, 6.45) is 6.61. The highest BCUT2D eigenvalue weighted by atomic mass is 32.2. The second-order valence-electron chi connectivity index (χ2n) is 10.2. The molecule has 12 heteroatoms. The van der Waals surface area contributed by atoms with Crippen molar-refractivity contribution in [2.75, 3.05) is 13.1 Å². The molecule has 3 heterocycles. The fourth-order valence-electron chi connectivity index (χ4n) is 5.02. The van der Waals surface area contributed by atoms with E-state index in [0.29, 0.717) is 60.4 Å². The number of ketones is 1. The Balaban J connectivity index is 1.27. The Labute approximate surface area is 226 Å². The van der Waals surface area contributed by atoms with E-state index in [2.05, 4.69) is 25.9 Å². The van der Waals surface area contributed by atoms with Crippen LogP contribution in [0.3, 0.4) is 0 Å². The molecule has 5 rings (SSSR count). The summed E-state index contributed by atoms with van der Waals surface area (Å²) in [6, 6.07) is 8.60. The van der Waals surface area contributed by atoms with Crippen LogP contribution in [0.15, 0.2) is 42.9 Å². The van der Waals surface area contributed by atoms with Crippen LogP contribution in [0.5, 0.6) is 0 Å². The number of rotatable bonds is 10. The first kappa shape index (κ1) is 26.6. The smallest absolute Gasteiger partial charge is 0.272 e. The van der Waals surface area contributed by atoms with Crippen molar-refractivity contribution in [3.63, 3.8) is 0 Å². The molecule has 1 fully saturated rings. The summed E-state index contributed by atoms with van der Waals surface area (Å²) in [7, 11) is -2.13. The molecule has 2 aromatic heterocycles. The highest BCUT2D eigenvalue weighted by Gasteiger charge is 2.56. The van der Waals surface area contributed by atoms with Crippen LogP contribution in [-0.2, 0) is 29.9 Å². The van der Waals surface area contributed by atoms with Crippen molar-refractivity contribution < 1.29 is 18.0 Å². The van der Waals surface area contributed by atoms with Crippen molar-refractivity contribution in [1.29, 1.82) is 5.26 Å². The lowest BCUT2D eigenvalue weighted by molar-refractivity contribution is 0.0724. The van der Waals surface area contributed by atoms with Crippen LogP contribution in [0, 0.1) is 11.3 Å². The zero-order valence-electron chi connectivity index (χ0n) is 21.8. The van der Waals surface area contributed by atoms with Gasteiger partial charge in [-0.15, -0.1) is 0 Å². The summed E-state index contributed by atoms with van der Waals surface area (Å²) in [4.78, 5) is 36.3. The number of carbonyl (C=O) groups excluding carboxylic acids is 2. The van der Waals surface area contributed by atoms with Gasteiger partial charge in [0, 0.05) is 50.7 Å². The summed E-state index contributed by atoms with van der Waals surface area (Å²) >= 11 is 0. The Morgan fingerprint density at radius 2 is 1.97 bits per heavy atom. The molecule has 1 N–H and O–H groups in total. The number of aromatic nitrogens is 4. The van der Waals surface area contributed by atoms with Gasteiger partial charge in [0.2, 0.25) is 10.0 Å². The van der Waals surface area contributed by atoms with Gasteiger partial charge in [-0.2, -0.15) is 10.4 Å². The van der Waals surface area contributed by atoms with E-state index >= 15 is 0 Å². The molecule has 11 nitrogen and oxygen atoms in total. The molecule has 1 aliphatic heterocycles. The van der Waals surface area contributed by atoms with Crippen molar-refractivity contribution >= 4 is 21.7 Å². The summed E-state index contributed by atoms with van der Waals surface area (Å²) in [5.41, 5.74) is 3.25. The highest BCUT2D eigenvalue weighted by Crippen LogP contribution is 2.45. The Bertz CT molecular complexity index is 1560. The number of fused-ring (bicyclic) bond motifs is 1. The van der Waals surface area contributed by atoms with Gasteiger partial charge in [0.25, 0.3) is 5.91 Å². The lowest BCUT2D eigenvalue weighted by Crippen LogP contribution is -2.49. The quantitative estimate of drug-likeness (QED) is 0.379. The predicted octanol–water partition coefficient (Wildman–Crippen LogP) is 2.11. The normalized spacial score (nSPS) is 16.8. The summed E-state index contributed by atoms with van der Waals surface area (Å²) in [6.45, 7) is 2.09. The van der Waals surface area contributed by atoms with E-state index in [1.807, 2.05) is 12.1 Å². The van der Waals surface area contributed by atoms with Crippen LogP contribution in [0.4, 0.5) is 0 Å². The van der Waals surface area contributed by atoms with E-state index in [9.17, 15) is 18.0 Å². The number of nitriles is 1. The molecule has 1 amide bonds. The van der Waals surface area contributed by atoms with Gasteiger partial charge in [-0.25, -0.2) is 13.1 Å². The molecule has 1 saturated carbocycles. The fourth-order valence-corrected chi connectivity index (χ4v) is 6.82. The van der Waals surface area contributed by atoms with Crippen LogP contribution in [0.1, 0.15) is 75.6 Å². The van der Waals surface area contributed by atoms with Crippen molar-refractivity contribution in [3.05, 3.63) is 76.6 Å². The Morgan fingerprint density at radius 1 is 1.23 bits per heavy atom. The van der Waals surface area contributed by atoms with Gasteiger partial charge in [0.15, 0.2) is 5.78 Å². The average Bonchev–Trinajstić information content (AvgIpc) is 3.66. The molecule has 0 bridgehead atoms. The molecule has 2 aliphatic rings. The number of hydrogen-bond donors (Lipinski definition) is 1. The summed E-state index contributed by atoms with van der Waals surface area (Å²) in [5.74, 6) is -0.471. The van der Waals surface area contributed by atoms with E-state index in [-0.39, 0.29) is 24.7 Å². The molecule has 39 heavy (non-hydrogen) atoms. The molecule has 1 aromatic carbocycles. The van der Waals surface area contributed by atoms with Crippen LogP contribution >= 0.6 is 0 Å². The van der Waals surface area contributed by atoms with Crippen molar-refractivity contribution in [1.82, 2.24) is 29.4 Å². The average molecular weight is 548 g/mol. The van der Waals surface area contributed by atoms with Crippen molar-refractivity contribution in [2.24, 2.45) is 7.05 Å². The molecule has 0 saturated heterocycles. The molecule has 202 valence electrons. The molecule has 0 spiro atoms. The number of aryl methyl sites for hydroxylation is 2. The van der Waals surface area contributed by atoms with Crippen LogP contribution in [0.2, 0.25) is 0 Å². The monoisotopic (exact) mass is 547 g/mol. The highest BCUT2D eigenvalue weighted by molar-refractivity contribution is 7.91. The van der Waals surface area contributed by atoms with E-state index in [4.69, 9.17) is 5.26 Å². The minimum atomic E-state index is -3.76. The Kier molecular flexibility index (Phi) is 7.05. The number of hydrogen-bond acceptors (Lipinski definition) is 8. The number of amides is 1. The number of nitrogens with one attached hydrogen (secondary N) is 1. The Hall–Kier alpha value is -3.95. The van der Waals surface area contributed by atoms with Crippen molar-refractivity contribution in [3.8, 4) is 6.07 Å². The molecular formula is C27H29N7O4S. The third-order valence-corrected chi connectivity index (χ3v) is 9.81. The second kappa shape index (κ2) is 10.3. The van der Waals surface area contributed by atoms with Gasteiger partial charge in [-0.05, 0) is 50.3 Å². The third-order valence-electron chi connectivity index (χ3n) is 7.47. The first-order valence-corrected chi connectivity index (χ1v) is 14.3. The standard InChI is InChI=1S/C27H29N7O4S/c1-18(22-16-29-12-13-30-22)32-39(37,38)27(10-11-27)17-34-14-9-21-24(31-33(2)25(21)26(34)36)23(35)8-7-19-3-5-20(15-28)6-4-19/h3-6,12-13,16,18,32H,7-11,14,17H2,1-2H3. The first-order valence-electron chi connectivity index (χ1n) is 12.8. The van der Waals surface area contributed by atoms with E-state index < -0.39 is 20.8 Å². The maximum atomic E-state index is 13.5. The second-order valence-corrected chi connectivity index (χ2v) is 12.3. The Morgan fingerprint density at radius 3 is 2.62 bits per heavy atom. The van der Waals surface area contributed by atoms with E-state index in [1.165, 1.54) is 23.3 Å². The van der Waals surface area contributed by atoms with Crippen molar-refractivity contribution in [2.45, 2.75) is 49.8 Å².